The molecule has 1 aliphatic carbocycles. The third kappa shape index (κ3) is 7.94. The van der Waals surface area contributed by atoms with Crippen molar-refractivity contribution in [2.75, 3.05) is 43.4 Å². The Labute approximate surface area is 328 Å². The lowest BCUT2D eigenvalue weighted by atomic mass is 9.74. The van der Waals surface area contributed by atoms with E-state index in [0.717, 1.165) is 22.3 Å². The minimum atomic E-state index is -0.806. The zero-order valence-corrected chi connectivity index (χ0v) is 32.8. The quantitative estimate of drug-likeness (QED) is 0.281. The molecule has 2 saturated heterocycles. The van der Waals surface area contributed by atoms with E-state index in [1.807, 2.05) is 88.4 Å². The molecule has 56 heavy (non-hydrogen) atoms. The van der Waals surface area contributed by atoms with Crippen molar-refractivity contribution in [3.8, 4) is 0 Å². The van der Waals surface area contributed by atoms with Gasteiger partial charge < -0.3 is 34.8 Å². The van der Waals surface area contributed by atoms with Gasteiger partial charge in [0.2, 0.25) is 17.7 Å². The molecule has 13 nitrogen and oxygen atoms in total. The Bertz CT molecular complexity index is 1990. The van der Waals surface area contributed by atoms with Gasteiger partial charge in [0, 0.05) is 43.6 Å². The highest BCUT2D eigenvalue weighted by Crippen LogP contribution is 2.47. The summed E-state index contributed by atoms with van der Waals surface area (Å²) in [4.78, 5) is 77.7. The maximum absolute atomic E-state index is 14.9. The molecule has 2 fully saturated rings. The first-order valence-corrected chi connectivity index (χ1v) is 19.7. The van der Waals surface area contributed by atoms with Crippen molar-refractivity contribution in [3.63, 3.8) is 0 Å². The van der Waals surface area contributed by atoms with Gasteiger partial charge in [-0.1, -0.05) is 49.4 Å². The molecule has 2 aromatic carbocycles. The average Bonchev–Trinajstić information content (AvgIpc) is 3.71. The first kappa shape index (κ1) is 38.8. The fourth-order valence-corrected chi connectivity index (χ4v) is 8.72. The van der Waals surface area contributed by atoms with Gasteiger partial charge in [-0.3, -0.25) is 14.4 Å². The highest BCUT2D eigenvalue weighted by molar-refractivity contribution is 6.06. The van der Waals surface area contributed by atoms with Crippen LogP contribution in [0.15, 0.2) is 66.9 Å². The van der Waals surface area contributed by atoms with Gasteiger partial charge >= 0.3 is 12.2 Å². The lowest BCUT2D eigenvalue weighted by Gasteiger charge is -2.46. The summed E-state index contributed by atoms with van der Waals surface area (Å²) in [6.45, 7) is 8.81. The normalized spacial score (nSPS) is 21.1. The monoisotopic (exact) mass is 764 g/mol. The van der Waals surface area contributed by atoms with Crippen LogP contribution in [0.1, 0.15) is 82.1 Å². The highest BCUT2D eigenvalue weighted by atomic mass is 16.6. The molecule has 5 amide bonds. The SMILES string of the molecule is CCC1(C(=O)N(CC(=O)Nc2ccc3c(c2)C[C@@]2(C3)C(=O)Nc3ncccc32)[C@H]2CCCN(C(=O)OC(C)(C)C)C2)CCN(C(=O)OCc2ccccc2)CC1. The Morgan fingerprint density at radius 3 is 2.43 bits per heavy atom. The number of anilines is 2. The lowest BCUT2D eigenvalue weighted by molar-refractivity contribution is -0.151. The second-order valence-electron chi connectivity index (χ2n) is 16.6. The van der Waals surface area contributed by atoms with Gasteiger partial charge in [0.05, 0.1) is 16.9 Å². The van der Waals surface area contributed by atoms with Crippen LogP contribution >= 0.6 is 0 Å². The van der Waals surface area contributed by atoms with Gasteiger partial charge in [0.25, 0.3) is 0 Å². The fourth-order valence-electron chi connectivity index (χ4n) is 8.72. The minimum Gasteiger partial charge on any atom is -0.445 e. The predicted octanol–water partition coefficient (Wildman–Crippen LogP) is 6.07. The summed E-state index contributed by atoms with van der Waals surface area (Å²) < 4.78 is 11.3. The maximum Gasteiger partial charge on any atom is 0.410 e. The van der Waals surface area contributed by atoms with Gasteiger partial charge in [-0.25, -0.2) is 14.6 Å². The zero-order valence-electron chi connectivity index (χ0n) is 32.8. The molecule has 1 spiro atoms. The number of pyridine rings is 1. The number of nitrogens with one attached hydrogen (secondary N) is 2. The van der Waals surface area contributed by atoms with Gasteiger partial charge in [-0.05, 0) is 101 Å². The van der Waals surface area contributed by atoms with E-state index in [9.17, 15) is 24.0 Å². The number of aromatic nitrogens is 1. The second-order valence-corrected chi connectivity index (χ2v) is 16.6. The molecule has 7 rings (SSSR count). The molecule has 13 heteroatoms. The summed E-state index contributed by atoms with van der Waals surface area (Å²) in [5, 5.41) is 5.97. The molecular formula is C43H52N6O7. The fraction of sp³-hybridized carbons (Fsp3) is 0.488. The summed E-state index contributed by atoms with van der Waals surface area (Å²) >= 11 is 0. The number of piperidine rings is 2. The number of amides is 5. The number of ether oxygens (including phenoxy) is 2. The van der Waals surface area contributed by atoms with Crippen molar-refractivity contribution >= 4 is 41.4 Å². The van der Waals surface area contributed by atoms with Crippen molar-refractivity contribution in [1.29, 1.82) is 0 Å². The summed E-state index contributed by atoms with van der Waals surface area (Å²) in [6, 6.07) is 18.6. The lowest BCUT2D eigenvalue weighted by Crippen LogP contribution is -2.59. The van der Waals surface area contributed by atoms with E-state index >= 15 is 0 Å². The largest absolute Gasteiger partial charge is 0.445 e. The Morgan fingerprint density at radius 1 is 0.946 bits per heavy atom. The van der Waals surface area contributed by atoms with Crippen molar-refractivity contribution < 1.29 is 33.4 Å². The average molecular weight is 765 g/mol. The number of hydrogen-bond donors (Lipinski definition) is 2. The van der Waals surface area contributed by atoms with Crippen LogP contribution in [-0.2, 0) is 48.7 Å². The number of benzene rings is 2. The maximum atomic E-state index is 14.9. The zero-order chi connectivity index (χ0) is 39.7. The van der Waals surface area contributed by atoms with Gasteiger partial charge in [-0.2, -0.15) is 0 Å². The van der Waals surface area contributed by atoms with Crippen LogP contribution in [-0.4, -0.2) is 94.0 Å². The van der Waals surface area contributed by atoms with E-state index in [0.29, 0.717) is 76.1 Å². The van der Waals surface area contributed by atoms with E-state index in [4.69, 9.17) is 9.47 Å². The van der Waals surface area contributed by atoms with E-state index in [2.05, 4.69) is 15.6 Å². The number of nitrogens with zero attached hydrogens (tertiary/aromatic N) is 4. The second kappa shape index (κ2) is 15.6. The van der Waals surface area contributed by atoms with Crippen molar-refractivity contribution in [1.82, 2.24) is 19.7 Å². The van der Waals surface area contributed by atoms with E-state index < -0.39 is 34.7 Å². The van der Waals surface area contributed by atoms with Crippen LogP contribution in [0.25, 0.3) is 0 Å². The van der Waals surface area contributed by atoms with Crippen molar-refractivity contribution in [2.24, 2.45) is 5.41 Å². The standard InChI is InChI=1S/C43H52N6O7/c1-5-42(17-21-47(22-18-42)39(53)55-28-29-11-7-6-8-12-29)38(52)49(33-13-10-20-48(26-33)40(54)56-41(2,3)4)27-35(50)45-32-16-15-30-24-43(25-31(30)23-32)34-14-9-19-44-36(34)46-37(43)51/h6-9,11-12,14-16,19,23,33H,5,10,13,17-18,20-22,24-28H2,1-4H3,(H,45,50)(H,44,46,51)/t33-,43+/m0/s1. The number of fused-ring (bicyclic) bond motifs is 3. The molecule has 3 aliphatic heterocycles. The minimum absolute atomic E-state index is 0.0742. The van der Waals surface area contributed by atoms with Gasteiger partial charge in [0.1, 0.15) is 24.6 Å². The number of carbonyl (C=O) groups excluding carboxylic acids is 5. The van der Waals surface area contributed by atoms with E-state index in [1.54, 1.807) is 20.9 Å². The predicted molar refractivity (Wildman–Crippen MR) is 210 cm³/mol. The Morgan fingerprint density at radius 2 is 1.70 bits per heavy atom. The molecule has 2 atom stereocenters. The summed E-state index contributed by atoms with van der Waals surface area (Å²) in [5.41, 5.74) is 2.15. The van der Waals surface area contributed by atoms with E-state index in [1.165, 1.54) is 0 Å². The summed E-state index contributed by atoms with van der Waals surface area (Å²) in [6.07, 6.45) is 4.46. The van der Waals surface area contributed by atoms with Crippen LogP contribution in [0, 0.1) is 5.41 Å². The topological polar surface area (TPSA) is 150 Å². The molecule has 3 aromatic rings. The Hall–Kier alpha value is -5.46. The summed E-state index contributed by atoms with van der Waals surface area (Å²) in [5.74, 6) is 0.00510. The molecule has 2 N–H and O–H groups in total. The third-order valence-corrected chi connectivity index (χ3v) is 11.8. The van der Waals surface area contributed by atoms with Gasteiger partial charge in [0.15, 0.2) is 0 Å². The molecule has 296 valence electrons. The van der Waals surface area contributed by atoms with Crippen molar-refractivity contribution in [3.05, 3.63) is 89.1 Å². The Balaban J connectivity index is 1.07. The molecule has 4 aliphatic rings. The number of rotatable bonds is 8. The van der Waals surface area contributed by atoms with Gasteiger partial charge in [-0.15, -0.1) is 0 Å². The van der Waals surface area contributed by atoms with E-state index in [-0.39, 0.29) is 37.4 Å². The summed E-state index contributed by atoms with van der Waals surface area (Å²) in [7, 11) is 0. The number of hydrogen-bond acceptors (Lipinski definition) is 8. The molecule has 0 unspecified atom stereocenters. The molecule has 0 saturated carbocycles. The third-order valence-electron chi connectivity index (χ3n) is 11.8. The highest BCUT2D eigenvalue weighted by Gasteiger charge is 2.51. The van der Waals surface area contributed by atoms with Crippen molar-refractivity contribution in [2.45, 2.75) is 96.3 Å². The smallest absolute Gasteiger partial charge is 0.410 e. The van der Waals surface area contributed by atoms with Crippen LogP contribution < -0.4 is 10.6 Å². The Kier molecular flexibility index (Phi) is 10.8. The van der Waals surface area contributed by atoms with Crippen LogP contribution in [0.4, 0.5) is 21.1 Å². The molecule has 1 aromatic heterocycles. The van der Waals surface area contributed by atoms with Crippen LogP contribution in [0.2, 0.25) is 0 Å². The first-order valence-electron chi connectivity index (χ1n) is 19.7. The number of likely N-dealkylation sites (tertiary alicyclic amines) is 2. The molecule has 0 bridgehead atoms. The van der Waals surface area contributed by atoms with Crippen LogP contribution in [0.3, 0.4) is 0 Å². The molecule has 4 heterocycles. The first-order chi connectivity index (χ1) is 26.8. The number of carbonyl (C=O) groups is 5. The van der Waals surface area contributed by atoms with Crippen LogP contribution in [0.5, 0.6) is 0 Å². The molecular weight excluding hydrogens is 713 g/mol. The molecule has 0 radical (unpaired) electrons.